The molecule has 1 unspecified atom stereocenters. The van der Waals surface area contributed by atoms with E-state index < -0.39 is 5.97 Å². The van der Waals surface area contributed by atoms with Crippen LogP contribution in [0.4, 0.5) is 0 Å². The first-order valence-electron chi connectivity index (χ1n) is 6.75. The van der Waals surface area contributed by atoms with Crippen molar-refractivity contribution in [2.75, 3.05) is 13.1 Å². The Balaban J connectivity index is 1.98. The SMILES string of the molecule is CC(CNC(=O)CCCNC(=O)C1CC1)CC(=O)O. The van der Waals surface area contributed by atoms with E-state index in [2.05, 4.69) is 10.6 Å². The summed E-state index contributed by atoms with van der Waals surface area (Å²) in [5.74, 6) is -0.736. The van der Waals surface area contributed by atoms with Crippen molar-refractivity contribution in [2.45, 2.75) is 39.0 Å². The lowest BCUT2D eigenvalue weighted by Crippen LogP contribution is -2.30. The van der Waals surface area contributed by atoms with Gasteiger partial charge in [-0.2, -0.15) is 0 Å². The van der Waals surface area contributed by atoms with E-state index in [-0.39, 0.29) is 30.1 Å². The summed E-state index contributed by atoms with van der Waals surface area (Å²) in [6, 6.07) is 0. The quantitative estimate of drug-likeness (QED) is 0.532. The number of aliphatic carboxylic acids is 1. The van der Waals surface area contributed by atoms with E-state index in [9.17, 15) is 14.4 Å². The highest BCUT2D eigenvalue weighted by molar-refractivity contribution is 5.81. The van der Waals surface area contributed by atoms with Gasteiger partial charge in [-0.05, 0) is 25.2 Å². The smallest absolute Gasteiger partial charge is 0.303 e. The maximum atomic E-state index is 11.5. The van der Waals surface area contributed by atoms with Crippen LogP contribution in [-0.4, -0.2) is 36.0 Å². The van der Waals surface area contributed by atoms with E-state index in [1.54, 1.807) is 6.92 Å². The molecule has 1 aliphatic carbocycles. The van der Waals surface area contributed by atoms with E-state index in [0.717, 1.165) is 12.8 Å². The lowest BCUT2D eigenvalue weighted by atomic mass is 10.1. The Morgan fingerprint density at radius 3 is 2.53 bits per heavy atom. The van der Waals surface area contributed by atoms with Gasteiger partial charge in [0.2, 0.25) is 11.8 Å². The van der Waals surface area contributed by atoms with Crippen molar-refractivity contribution in [3.63, 3.8) is 0 Å². The van der Waals surface area contributed by atoms with Crippen molar-refractivity contribution in [3.05, 3.63) is 0 Å². The van der Waals surface area contributed by atoms with Gasteiger partial charge in [0.25, 0.3) is 0 Å². The molecule has 0 saturated heterocycles. The molecule has 0 aromatic heterocycles. The highest BCUT2D eigenvalue weighted by atomic mass is 16.4. The Bertz CT molecular complexity index is 340. The number of amides is 2. The molecular formula is C13H22N2O4. The fourth-order valence-electron chi connectivity index (χ4n) is 1.70. The molecule has 1 fully saturated rings. The second-order valence-corrected chi connectivity index (χ2v) is 5.18. The molecule has 108 valence electrons. The number of carboxylic acid groups (broad SMARTS) is 1. The van der Waals surface area contributed by atoms with E-state index >= 15 is 0 Å². The number of rotatable bonds is 9. The molecule has 0 bridgehead atoms. The molecular weight excluding hydrogens is 248 g/mol. The van der Waals surface area contributed by atoms with Gasteiger partial charge in [-0.1, -0.05) is 6.92 Å². The van der Waals surface area contributed by atoms with Crippen LogP contribution in [0.25, 0.3) is 0 Å². The zero-order chi connectivity index (χ0) is 14.3. The molecule has 6 heteroatoms. The number of carboxylic acids is 1. The lowest BCUT2D eigenvalue weighted by molar-refractivity contribution is -0.138. The number of carbonyl (C=O) groups excluding carboxylic acids is 2. The first kappa shape index (κ1) is 15.5. The van der Waals surface area contributed by atoms with Gasteiger partial charge in [0.05, 0.1) is 0 Å². The predicted octanol–water partition coefficient (Wildman–Crippen LogP) is 0.520. The Hall–Kier alpha value is -1.59. The molecule has 0 aromatic rings. The first-order chi connectivity index (χ1) is 8.99. The predicted molar refractivity (Wildman–Crippen MR) is 69.4 cm³/mol. The molecule has 3 N–H and O–H groups in total. The molecule has 1 aliphatic rings. The van der Waals surface area contributed by atoms with Gasteiger partial charge < -0.3 is 15.7 Å². The molecule has 0 aliphatic heterocycles. The number of hydrogen-bond acceptors (Lipinski definition) is 3. The number of carbonyl (C=O) groups is 3. The third-order valence-electron chi connectivity index (χ3n) is 3.00. The third-order valence-corrected chi connectivity index (χ3v) is 3.00. The maximum absolute atomic E-state index is 11.5. The minimum absolute atomic E-state index is 0.0533. The van der Waals surface area contributed by atoms with Crippen LogP contribution in [0.15, 0.2) is 0 Å². The highest BCUT2D eigenvalue weighted by Gasteiger charge is 2.28. The van der Waals surface area contributed by atoms with Crippen LogP contribution in [0.2, 0.25) is 0 Å². The minimum atomic E-state index is -0.857. The Labute approximate surface area is 112 Å². The van der Waals surface area contributed by atoms with Crippen LogP contribution in [0, 0.1) is 11.8 Å². The van der Waals surface area contributed by atoms with Gasteiger partial charge in [-0.15, -0.1) is 0 Å². The van der Waals surface area contributed by atoms with Crippen molar-refractivity contribution in [2.24, 2.45) is 11.8 Å². The van der Waals surface area contributed by atoms with Gasteiger partial charge in [-0.25, -0.2) is 0 Å². The molecule has 19 heavy (non-hydrogen) atoms. The fourth-order valence-corrected chi connectivity index (χ4v) is 1.70. The number of nitrogens with one attached hydrogen (secondary N) is 2. The minimum Gasteiger partial charge on any atom is -0.481 e. The molecule has 1 atom stereocenters. The van der Waals surface area contributed by atoms with Crippen LogP contribution in [0.5, 0.6) is 0 Å². The molecule has 0 radical (unpaired) electrons. The zero-order valence-electron chi connectivity index (χ0n) is 11.3. The second-order valence-electron chi connectivity index (χ2n) is 5.18. The van der Waals surface area contributed by atoms with Crippen molar-refractivity contribution >= 4 is 17.8 Å². The molecule has 2 amide bonds. The Morgan fingerprint density at radius 1 is 1.26 bits per heavy atom. The van der Waals surface area contributed by atoms with Gasteiger partial charge in [-0.3, -0.25) is 14.4 Å². The first-order valence-corrected chi connectivity index (χ1v) is 6.75. The van der Waals surface area contributed by atoms with Crippen molar-refractivity contribution in [1.82, 2.24) is 10.6 Å². The summed E-state index contributed by atoms with van der Waals surface area (Å²) in [6.07, 6.45) is 2.97. The molecule has 1 rings (SSSR count). The molecule has 0 heterocycles. The third kappa shape index (κ3) is 7.43. The van der Waals surface area contributed by atoms with E-state index in [0.29, 0.717) is 25.9 Å². The highest BCUT2D eigenvalue weighted by Crippen LogP contribution is 2.28. The van der Waals surface area contributed by atoms with E-state index in [1.165, 1.54) is 0 Å². The average Bonchev–Trinajstić information content (AvgIpc) is 3.15. The van der Waals surface area contributed by atoms with E-state index in [1.807, 2.05) is 0 Å². The summed E-state index contributed by atoms with van der Waals surface area (Å²) >= 11 is 0. The van der Waals surface area contributed by atoms with Crippen molar-refractivity contribution < 1.29 is 19.5 Å². The average molecular weight is 270 g/mol. The summed E-state index contributed by atoms with van der Waals surface area (Å²) in [5, 5.41) is 14.1. The van der Waals surface area contributed by atoms with Gasteiger partial charge in [0.15, 0.2) is 0 Å². The van der Waals surface area contributed by atoms with Crippen LogP contribution in [0.1, 0.15) is 39.0 Å². The second kappa shape index (κ2) is 7.76. The Morgan fingerprint density at radius 2 is 1.95 bits per heavy atom. The number of hydrogen-bond donors (Lipinski definition) is 3. The molecule has 6 nitrogen and oxygen atoms in total. The maximum Gasteiger partial charge on any atom is 0.303 e. The summed E-state index contributed by atoms with van der Waals surface area (Å²) in [4.78, 5) is 33.2. The van der Waals surface area contributed by atoms with Crippen LogP contribution < -0.4 is 10.6 Å². The van der Waals surface area contributed by atoms with Gasteiger partial charge in [0.1, 0.15) is 0 Å². The van der Waals surface area contributed by atoms with Crippen LogP contribution >= 0.6 is 0 Å². The monoisotopic (exact) mass is 270 g/mol. The summed E-state index contributed by atoms with van der Waals surface area (Å²) in [5.41, 5.74) is 0. The standard InChI is InChI=1S/C13H22N2O4/c1-9(7-12(17)18)8-15-11(16)3-2-6-14-13(19)10-4-5-10/h9-10H,2-8H2,1H3,(H,14,19)(H,15,16)(H,17,18). The van der Waals surface area contributed by atoms with Crippen LogP contribution in [0.3, 0.4) is 0 Å². The normalized spacial score (nSPS) is 15.6. The Kier molecular flexibility index (Phi) is 6.32. The molecule has 1 saturated carbocycles. The van der Waals surface area contributed by atoms with Crippen molar-refractivity contribution in [1.29, 1.82) is 0 Å². The topological polar surface area (TPSA) is 95.5 Å². The summed E-state index contributed by atoms with van der Waals surface area (Å²) in [6.45, 7) is 2.68. The molecule has 0 spiro atoms. The fraction of sp³-hybridized carbons (Fsp3) is 0.769. The van der Waals surface area contributed by atoms with Crippen molar-refractivity contribution in [3.8, 4) is 0 Å². The summed E-state index contributed by atoms with van der Waals surface area (Å²) < 4.78 is 0. The van der Waals surface area contributed by atoms with Crippen LogP contribution in [-0.2, 0) is 14.4 Å². The van der Waals surface area contributed by atoms with Gasteiger partial charge in [0, 0.05) is 31.8 Å². The lowest BCUT2D eigenvalue weighted by Gasteiger charge is -2.10. The largest absolute Gasteiger partial charge is 0.481 e. The zero-order valence-corrected chi connectivity index (χ0v) is 11.3. The van der Waals surface area contributed by atoms with E-state index in [4.69, 9.17) is 5.11 Å². The molecule has 0 aromatic carbocycles. The van der Waals surface area contributed by atoms with Gasteiger partial charge >= 0.3 is 5.97 Å². The summed E-state index contributed by atoms with van der Waals surface area (Å²) in [7, 11) is 0.